The molecule has 1 aliphatic heterocycles. The maximum atomic E-state index is 11.9. The van der Waals surface area contributed by atoms with Gasteiger partial charge in [-0.2, -0.15) is 0 Å². The maximum Gasteiger partial charge on any atom is 0.234 e. The minimum absolute atomic E-state index is 0.0681. The second-order valence-corrected chi connectivity index (χ2v) is 5.69. The van der Waals surface area contributed by atoms with Crippen LogP contribution >= 0.6 is 9.24 Å². The lowest BCUT2D eigenvalue weighted by molar-refractivity contribution is -0.138. The highest BCUT2D eigenvalue weighted by molar-refractivity contribution is 7.27. The molecule has 0 bridgehead atoms. The van der Waals surface area contributed by atoms with Crippen molar-refractivity contribution >= 4 is 26.4 Å². The average Bonchev–Trinajstić information content (AvgIpc) is 3.07. The Bertz CT molecular complexity index is 491. The zero-order valence-electron chi connectivity index (χ0n) is 9.40. The monoisotopic (exact) mass is 247 g/mol. The van der Waals surface area contributed by atoms with E-state index in [9.17, 15) is 9.59 Å². The van der Waals surface area contributed by atoms with Crippen molar-refractivity contribution in [3.8, 4) is 0 Å². The normalized spacial score (nSPS) is 25.8. The molecule has 0 radical (unpaired) electrons. The van der Waals surface area contributed by atoms with E-state index in [4.69, 9.17) is 0 Å². The standard InChI is InChI=1S/C13H14NO2P/c15-11-10(8-1-3-9(17)4-2-8)7-13(5-6-13)12(16)14-11/h1-4,10H,5-7,17H2,(H,14,15,16). The molecule has 3 rings (SSSR count). The van der Waals surface area contributed by atoms with Crippen LogP contribution in [-0.4, -0.2) is 11.8 Å². The van der Waals surface area contributed by atoms with Crippen LogP contribution in [0.1, 0.15) is 30.7 Å². The number of piperidine rings is 1. The van der Waals surface area contributed by atoms with Gasteiger partial charge in [0.1, 0.15) is 0 Å². The average molecular weight is 247 g/mol. The molecule has 2 unspecified atom stereocenters. The van der Waals surface area contributed by atoms with Gasteiger partial charge in [0.05, 0.1) is 11.3 Å². The van der Waals surface area contributed by atoms with Crippen LogP contribution in [0.4, 0.5) is 0 Å². The van der Waals surface area contributed by atoms with Gasteiger partial charge < -0.3 is 0 Å². The third kappa shape index (κ3) is 1.79. The molecule has 1 N–H and O–H groups in total. The van der Waals surface area contributed by atoms with E-state index in [0.717, 1.165) is 23.7 Å². The number of benzene rings is 1. The second-order valence-electron chi connectivity index (χ2n) is 5.02. The summed E-state index contributed by atoms with van der Waals surface area (Å²) in [6.07, 6.45) is 2.52. The van der Waals surface area contributed by atoms with E-state index in [-0.39, 0.29) is 23.1 Å². The second kappa shape index (κ2) is 3.64. The first kappa shape index (κ1) is 10.9. The van der Waals surface area contributed by atoms with Crippen molar-refractivity contribution in [1.82, 2.24) is 5.32 Å². The van der Waals surface area contributed by atoms with Crippen LogP contribution in [0.2, 0.25) is 0 Å². The quantitative estimate of drug-likeness (QED) is 0.596. The molecule has 1 aromatic carbocycles. The van der Waals surface area contributed by atoms with Gasteiger partial charge in [-0.25, -0.2) is 0 Å². The van der Waals surface area contributed by atoms with Crippen molar-refractivity contribution < 1.29 is 9.59 Å². The van der Waals surface area contributed by atoms with Crippen molar-refractivity contribution in [2.45, 2.75) is 25.2 Å². The minimum Gasteiger partial charge on any atom is -0.295 e. The SMILES string of the molecule is O=C1NC(=O)C2(CC2)CC1c1ccc(P)cc1. The van der Waals surface area contributed by atoms with Gasteiger partial charge in [-0.05, 0) is 30.1 Å². The van der Waals surface area contributed by atoms with Crippen molar-refractivity contribution in [3.05, 3.63) is 29.8 Å². The summed E-state index contributed by atoms with van der Waals surface area (Å²) in [5.74, 6) is -0.383. The third-order valence-electron chi connectivity index (χ3n) is 3.82. The van der Waals surface area contributed by atoms with E-state index in [1.807, 2.05) is 24.3 Å². The van der Waals surface area contributed by atoms with Crippen LogP contribution < -0.4 is 10.6 Å². The lowest BCUT2D eigenvalue weighted by Crippen LogP contribution is -2.46. The summed E-state index contributed by atoms with van der Waals surface area (Å²) in [6.45, 7) is 0. The van der Waals surface area contributed by atoms with Crippen molar-refractivity contribution in [1.29, 1.82) is 0 Å². The number of carbonyl (C=O) groups is 2. The molecule has 3 nitrogen and oxygen atoms in total. The highest BCUT2D eigenvalue weighted by atomic mass is 31.0. The van der Waals surface area contributed by atoms with Gasteiger partial charge >= 0.3 is 0 Å². The molecule has 1 heterocycles. The molecule has 2 amide bonds. The largest absolute Gasteiger partial charge is 0.295 e. The van der Waals surface area contributed by atoms with E-state index in [1.54, 1.807) is 0 Å². The van der Waals surface area contributed by atoms with Crippen molar-refractivity contribution in [2.75, 3.05) is 0 Å². The number of carbonyl (C=O) groups excluding carboxylic acids is 2. The minimum atomic E-state index is -0.238. The molecule has 1 aliphatic carbocycles. The van der Waals surface area contributed by atoms with Gasteiger partial charge in [0.15, 0.2) is 0 Å². The summed E-state index contributed by atoms with van der Waals surface area (Å²) in [6, 6.07) is 7.89. The Labute approximate surface area is 102 Å². The fourth-order valence-corrected chi connectivity index (χ4v) is 2.68. The third-order valence-corrected chi connectivity index (χ3v) is 4.21. The topological polar surface area (TPSA) is 46.2 Å². The predicted molar refractivity (Wildman–Crippen MR) is 68.0 cm³/mol. The Morgan fingerprint density at radius 1 is 1.18 bits per heavy atom. The Morgan fingerprint density at radius 2 is 1.82 bits per heavy atom. The number of rotatable bonds is 1. The van der Waals surface area contributed by atoms with Gasteiger partial charge in [-0.15, -0.1) is 9.24 Å². The highest BCUT2D eigenvalue weighted by Gasteiger charge is 2.55. The van der Waals surface area contributed by atoms with Crippen LogP contribution in [0.3, 0.4) is 0 Å². The van der Waals surface area contributed by atoms with Crippen molar-refractivity contribution in [2.24, 2.45) is 5.41 Å². The van der Waals surface area contributed by atoms with Crippen LogP contribution in [0.5, 0.6) is 0 Å². The molecule has 88 valence electrons. The maximum absolute atomic E-state index is 11.9. The number of amides is 2. The molecule has 2 fully saturated rings. The van der Waals surface area contributed by atoms with Gasteiger partial charge in [-0.1, -0.05) is 24.3 Å². The summed E-state index contributed by atoms with van der Waals surface area (Å²) in [7, 11) is 2.62. The molecule has 2 atom stereocenters. The molecule has 17 heavy (non-hydrogen) atoms. The molecule has 0 aromatic heterocycles. The molecular weight excluding hydrogens is 233 g/mol. The van der Waals surface area contributed by atoms with Gasteiger partial charge in [-0.3, -0.25) is 14.9 Å². The molecule has 1 saturated heterocycles. The predicted octanol–water partition coefficient (Wildman–Crippen LogP) is 1.10. The van der Waals surface area contributed by atoms with Crippen LogP contribution in [0, 0.1) is 5.41 Å². The fourth-order valence-electron chi connectivity index (χ4n) is 2.49. The van der Waals surface area contributed by atoms with Crippen LogP contribution in [0.25, 0.3) is 0 Å². The van der Waals surface area contributed by atoms with E-state index in [2.05, 4.69) is 14.6 Å². The van der Waals surface area contributed by atoms with Crippen LogP contribution in [0.15, 0.2) is 24.3 Å². The zero-order chi connectivity index (χ0) is 12.0. The zero-order valence-corrected chi connectivity index (χ0v) is 10.6. The molecule has 1 spiro atoms. The fraction of sp³-hybridized carbons (Fsp3) is 0.385. The molecule has 1 aromatic rings. The highest BCUT2D eigenvalue weighted by Crippen LogP contribution is 2.54. The lowest BCUT2D eigenvalue weighted by atomic mass is 9.82. The van der Waals surface area contributed by atoms with E-state index < -0.39 is 0 Å². The summed E-state index contributed by atoms with van der Waals surface area (Å²) >= 11 is 0. The molecule has 1 saturated carbocycles. The Morgan fingerprint density at radius 3 is 2.41 bits per heavy atom. The summed E-state index contributed by atoms with van der Waals surface area (Å²) < 4.78 is 0. The van der Waals surface area contributed by atoms with E-state index in [1.165, 1.54) is 0 Å². The summed E-state index contributed by atoms with van der Waals surface area (Å²) in [5.41, 5.74) is 0.769. The first-order chi connectivity index (χ1) is 8.11. The van der Waals surface area contributed by atoms with Gasteiger partial charge in [0.2, 0.25) is 11.8 Å². The lowest BCUT2D eigenvalue weighted by Gasteiger charge is -2.27. The first-order valence-corrected chi connectivity index (χ1v) is 6.39. The molecule has 4 heteroatoms. The molecular formula is C13H14NO2P. The summed E-state index contributed by atoms with van der Waals surface area (Å²) in [4.78, 5) is 23.6. The number of hydrogen-bond acceptors (Lipinski definition) is 2. The van der Waals surface area contributed by atoms with Gasteiger partial charge in [0, 0.05) is 0 Å². The van der Waals surface area contributed by atoms with Gasteiger partial charge in [0.25, 0.3) is 0 Å². The summed E-state index contributed by atoms with van der Waals surface area (Å²) in [5, 5.41) is 3.61. The van der Waals surface area contributed by atoms with Crippen molar-refractivity contribution in [3.63, 3.8) is 0 Å². The molecule has 2 aliphatic rings. The smallest absolute Gasteiger partial charge is 0.234 e. The van der Waals surface area contributed by atoms with Crippen LogP contribution in [-0.2, 0) is 9.59 Å². The Balaban J connectivity index is 1.90. The number of nitrogens with one attached hydrogen (secondary N) is 1. The number of hydrogen-bond donors (Lipinski definition) is 1. The number of imide groups is 1. The Kier molecular flexibility index (Phi) is 2.34. The Hall–Kier alpha value is -1.21. The first-order valence-electron chi connectivity index (χ1n) is 5.81. The van der Waals surface area contributed by atoms with E-state index >= 15 is 0 Å². The van der Waals surface area contributed by atoms with E-state index in [0.29, 0.717) is 6.42 Å².